The summed E-state index contributed by atoms with van der Waals surface area (Å²) in [6.45, 7) is 4.98. The van der Waals surface area contributed by atoms with Crippen molar-refractivity contribution in [2.45, 2.75) is 33.2 Å². The molecule has 0 aliphatic rings. The summed E-state index contributed by atoms with van der Waals surface area (Å²) >= 11 is 0. The highest BCUT2D eigenvalue weighted by Gasteiger charge is 2.13. The lowest BCUT2D eigenvalue weighted by Crippen LogP contribution is -2.02. The molecule has 0 unspecified atom stereocenters. The van der Waals surface area contributed by atoms with Gasteiger partial charge in [0.2, 0.25) is 0 Å². The average molecular weight is 240 g/mol. The van der Waals surface area contributed by atoms with Gasteiger partial charge in [0, 0.05) is 12.1 Å². The average Bonchev–Trinajstić information content (AvgIpc) is 2.80. The molecular weight excluding hydrogens is 224 g/mol. The topological polar surface area (TPSA) is 54.5 Å². The Bertz CT molecular complexity index is 560. The summed E-state index contributed by atoms with van der Waals surface area (Å²) in [6.07, 6.45) is 2.13. The van der Waals surface area contributed by atoms with Gasteiger partial charge in [-0.3, -0.25) is 0 Å². The van der Waals surface area contributed by atoms with Crippen molar-refractivity contribution < 1.29 is 0 Å². The molecular formula is C14H16N4. The number of hydrogen-bond donors (Lipinski definition) is 0. The first-order valence-electron chi connectivity index (χ1n) is 6.17. The van der Waals surface area contributed by atoms with E-state index in [4.69, 9.17) is 5.26 Å². The van der Waals surface area contributed by atoms with Gasteiger partial charge < -0.3 is 0 Å². The lowest BCUT2D eigenvalue weighted by molar-refractivity contribution is 0.557. The van der Waals surface area contributed by atoms with Crippen LogP contribution in [0.2, 0.25) is 0 Å². The first-order valence-corrected chi connectivity index (χ1v) is 6.17. The maximum absolute atomic E-state index is 9.11. The summed E-state index contributed by atoms with van der Waals surface area (Å²) < 4.78 is 1.83. The molecule has 1 aromatic carbocycles. The SMILES string of the molecule is CCCCn1nnc(C#N)c1-c1ccc(C)cc1. The largest absolute Gasteiger partial charge is 0.243 e. The summed E-state index contributed by atoms with van der Waals surface area (Å²) in [5.74, 6) is 0. The zero-order valence-corrected chi connectivity index (χ0v) is 10.7. The molecule has 4 heteroatoms. The Labute approximate surface area is 107 Å². The molecule has 0 aliphatic carbocycles. The Morgan fingerprint density at radius 2 is 2.00 bits per heavy atom. The van der Waals surface area contributed by atoms with E-state index < -0.39 is 0 Å². The highest BCUT2D eigenvalue weighted by Crippen LogP contribution is 2.22. The third-order valence-electron chi connectivity index (χ3n) is 2.89. The van der Waals surface area contributed by atoms with E-state index in [2.05, 4.69) is 23.3 Å². The van der Waals surface area contributed by atoms with E-state index in [-0.39, 0.29) is 0 Å². The molecule has 2 aromatic rings. The molecule has 0 aliphatic heterocycles. The third kappa shape index (κ3) is 2.40. The summed E-state index contributed by atoms with van der Waals surface area (Å²) in [6, 6.07) is 10.2. The number of nitriles is 1. The molecule has 0 saturated heterocycles. The maximum atomic E-state index is 9.11. The van der Waals surface area contributed by atoms with Crippen molar-refractivity contribution in [1.29, 1.82) is 5.26 Å². The lowest BCUT2D eigenvalue weighted by atomic mass is 10.1. The van der Waals surface area contributed by atoms with Crippen molar-refractivity contribution in [1.82, 2.24) is 15.0 Å². The molecule has 0 amide bonds. The minimum Gasteiger partial charge on any atom is -0.243 e. The van der Waals surface area contributed by atoms with Crippen molar-refractivity contribution in [3.63, 3.8) is 0 Å². The Hall–Kier alpha value is -2.15. The molecule has 4 nitrogen and oxygen atoms in total. The smallest absolute Gasteiger partial charge is 0.190 e. The van der Waals surface area contributed by atoms with Crippen molar-refractivity contribution in [3.05, 3.63) is 35.5 Å². The van der Waals surface area contributed by atoms with Crippen molar-refractivity contribution in [2.24, 2.45) is 0 Å². The summed E-state index contributed by atoms with van der Waals surface area (Å²) in [7, 11) is 0. The van der Waals surface area contributed by atoms with E-state index >= 15 is 0 Å². The number of hydrogen-bond acceptors (Lipinski definition) is 3. The molecule has 1 heterocycles. The van der Waals surface area contributed by atoms with Gasteiger partial charge in [0.25, 0.3) is 0 Å². The molecule has 0 fully saturated rings. The highest BCUT2D eigenvalue weighted by molar-refractivity contribution is 5.65. The van der Waals surface area contributed by atoms with Crippen LogP contribution >= 0.6 is 0 Å². The Morgan fingerprint density at radius 3 is 2.61 bits per heavy atom. The minimum absolute atomic E-state index is 0.398. The van der Waals surface area contributed by atoms with E-state index in [1.54, 1.807) is 0 Å². The van der Waals surface area contributed by atoms with E-state index in [1.807, 2.05) is 35.9 Å². The third-order valence-corrected chi connectivity index (χ3v) is 2.89. The van der Waals surface area contributed by atoms with Crippen LogP contribution in [0.1, 0.15) is 31.0 Å². The van der Waals surface area contributed by atoms with Gasteiger partial charge >= 0.3 is 0 Å². The predicted octanol–water partition coefficient (Wildman–Crippen LogP) is 2.93. The highest BCUT2D eigenvalue weighted by atomic mass is 15.4. The predicted molar refractivity (Wildman–Crippen MR) is 69.8 cm³/mol. The van der Waals surface area contributed by atoms with Crippen LogP contribution in [0.15, 0.2) is 24.3 Å². The van der Waals surface area contributed by atoms with Gasteiger partial charge in [0.15, 0.2) is 5.69 Å². The van der Waals surface area contributed by atoms with Crippen LogP contribution in [0.25, 0.3) is 11.3 Å². The maximum Gasteiger partial charge on any atom is 0.190 e. The molecule has 0 atom stereocenters. The monoisotopic (exact) mass is 240 g/mol. The zero-order chi connectivity index (χ0) is 13.0. The summed E-state index contributed by atoms with van der Waals surface area (Å²) in [4.78, 5) is 0. The zero-order valence-electron chi connectivity index (χ0n) is 10.7. The lowest BCUT2D eigenvalue weighted by Gasteiger charge is -2.06. The van der Waals surface area contributed by atoms with E-state index in [9.17, 15) is 0 Å². The van der Waals surface area contributed by atoms with Crippen LogP contribution in [0.3, 0.4) is 0 Å². The molecule has 92 valence electrons. The molecule has 1 aromatic heterocycles. The molecule has 2 rings (SSSR count). The number of unbranched alkanes of at least 4 members (excludes halogenated alkanes) is 1. The first kappa shape index (κ1) is 12.3. The van der Waals surface area contributed by atoms with Gasteiger partial charge in [-0.05, 0) is 13.3 Å². The van der Waals surface area contributed by atoms with Gasteiger partial charge in [-0.1, -0.05) is 48.4 Å². The Kier molecular flexibility index (Phi) is 3.73. The molecule has 0 spiro atoms. The van der Waals surface area contributed by atoms with Crippen molar-refractivity contribution in [2.75, 3.05) is 0 Å². The van der Waals surface area contributed by atoms with Crippen LogP contribution in [-0.4, -0.2) is 15.0 Å². The quantitative estimate of drug-likeness (QED) is 0.825. The van der Waals surface area contributed by atoms with E-state index in [0.29, 0.717) is 5.69 Å². The van der Waals surface area contributed by atoms with Crippen LogP contribution < -0.4 is 0 Å². The fourth-order valence-electron chi connectivity index (χ4n) is 1.85. The van der Waals surface area contributed by atoms with Crippen molar-refractivity contribution in [3.8, 4) is 17.3 Å². The number of benzene rings is 1. The Balaban J connectivity index is 2.44. The van der Waals surface area contributed by atoms with E-state index in [1.165, 1.54) is 5.56 Å². The van der Waals surface area contributed by atoms with Gasteiger partial charge in [0.05, 0.1) is 0 Å². The van der Waals surface area contributed by atoms with Gasteiger partial charge in [-0.2, -0.15) is 5.26 Å². The molecule has 18 heavy (non-hydrogen) atoms. The number of nitrogens with zero attached hydrogens (tertiary/aromatic N) is 4. The molecule has 0 N–H and O–H groups in total. The summed E-state index contributed by atoms with van der Waals surface area (Å²) in [5.41, 5.74) is 3.42. The van der Waals surface area contributed by atoms with Gasteiger partial charge in [-0.15, -0.1) is 5.10 Å². The van der Waals surface area contributed by atoms with Crippen LogP contribution in [0, 0.1) is 18.3 Å². The number of rotatable bonds is 4. The second-order valence-electron chi connectivity index (χ2n) is 4.34. The fourth-order valence-corrected chi connectivity index (χ4v) is 1.85. The van der Waals surface area contributed by atoms with Crippen LogP contribution in [0.4, 0.5) is 0 Å². The minimum atomic E-state index is 0.398. The number of aryl methyl sites for hydroxylation is 2. The standard InChI is InChI=1S/C14H16N4/c1-3-4-9-18-14(13(10-15)16-17-18)12-7-5-11(2)6-8-12/h5-8H,3-4,9H2,1-2H3. The van der Waals surface area contributed by atoms with Crippen LogP contribution in [0.5, 0.6) is 0 Å². The molecule has 0 saturated carbocycles. The van der Waals surface area contributed by atoms with Crippen LogP contribution in [-0.2, 0) is 6.54 Å². The van der Waals surface area contributed by atoms with E-state index in [0.717, 1.165) is 30.6 Å². The van der Waals surface area contributed by atoms with Crippen molar-refractivity contribution >= 4 is 0 Å². The molecule has 0 bridgehead atoms. The fraction of sp³-hybridized carbons (Fsp3) is 0.357. The first-order chi connectivity index (χ1) is 8.76. The normalized spacial score (nSPS) is 10.3. The second-order valence-corrected chi connectivity index (χ2v) is 4.34. The number of aromatic nitrogens is 3. The summed E-state index contributed by atoms with van der Waals surface area (Å²) in [5, 5.41) is 17.1. The second kappa shape index (κ2) is 5.46. The van der Waals surface area contributed by atoms with Gasteiger partial charge in [0.1, 0.15) is 11.8 Å². The Morgan fingerprint density at radius 1 is 1.28 bits per heavy atom. The van der Waals surface area contributed by atoms with Gasteiger partial charge in [-0.25, -0.2) is 4.68 Å². The molecule has 0 radical (unpaired) electrons.